The lowest BCUT2D eigenvalue weighted by atomic mass is 10.2. The highest BCUT2D eigenvalue weighted by molar-refractivity contribution is 6.03. The van der Waals surface area contributed by atoms with Gasteiger partial charge in [-0.05, 0) is 25.6 Å². The van der Waals surface area contributed by atoms with E-state index in [1.807, 2.05) is 0 Å². The monoisotopic (exact) mass is 361 g/mol. The van der Waals surface area contributed by atoms with E-state index in [2.05, 4.69) is 32.0 Å². The molecule has 2 heterocycles. The molecule has 0 saturated carbocycles. The second-order valence-electron chi connectivity index (χ2n) is 6.16. The minimum atomic E-state index is -1.02. The largest absolute Gasteiger partial charge is 0.354 e. The van der Waals surface area contributed by atoms with Crippen molar-refractivity contribution in [3.05, 3.63) is 47.4 Å². The number of aryl methyl sites for hydroxylation is 1. The number of hydrogen-bond acceptors (Lipinski definition) is 5. The minimum absolute atomic E-state index is 0.170. The molecule has 138 valence electrons. The number of carbonyl (C=O) groups is 1. The molecule has 1 saturated heterocycles. The van der Waals surface area contributed by atoms with Gasteiger partial charge in [0.15, 0.2) is 11.6 Å². The quantitative estimate of drug-likeness (QED) is 0.906. The predicted molar refractivity (Wildman–Crippen MR) is 95.4 cm³/mol. The number of carbonyl (C=O) groups excluding carboxylic acids is 1. The van der Waals surface area contributed by atoms with Crippen molar-refractivity contribution in [3.63, 3.8) is 0 Å². The van der Waals surface area contributed by atoms with E-state index >= 15 is 0 Å². The van der Waals surface area contributed by atoms with Gasteiger partial charge in [-0.3, -0.25) is 4.79 Å². The van der Waals surface area contributed by atoms with Gasteiger partial charge in [0.2, 0.25) is 0 Å². The summed E-state index contributed by atoms with van der Waals surface area (Å²) in [6.45, 7) is 8.40. The van der Waals surface area contributed by atoms with Crippen molar-refractivity contribution in [2.75, 3.05) is 42.9 Å². The Morgan fingerprint density at radius 2 is 1.85 bits per heavy atom. The molecule has 26 heavy (non-hydrogen) atoms. The van der Waals surface area contributed by atoms with Crippen molar-refractivity contribution in [2.24, 2.45) is 0 Å². The molecule has 0 aliphatic carbocycles. The molecule has 0 radical (unpaired) electrons. The number of anilines is 2. The van der Waals surface area contributed by atoms with Crippen molar-refractivity contribution in [1.82, 2.24) is 14.9 Å². The molecule has 0 spiro atoms. The van der Waals surface area contributed by atoms with Crippen LogP contribution in [0.2, 0.25) is 0 Å². The fourth-order valence-electron chi connectivity index (χ4n) is 2.89. The fourth-order valence-corrected chi connectivity index (χ4v) is 2.89. The lowest BCUT2D eigenvalue weighted by Gasteiger charge is -2.34. The summed E-state index contributed by atoms with van der Waals surface area (Å²) in [5.74, 6) is -1.29. The number of nitrogens with one attached hydrogen (secondary N) is 1. The Hall–Kier alpha value is -2.61. The van der Waals surface area contributed by atoms with E-state index in [-0.39, 0.29) is 11.4 Å². The van der Waals surface area contributed by atoms with Crippen LogP contribution in [0.1, 0.15) is 23.2 Å². The summed E-state index contributed by atoms with van der Waals surface area (Å²) in [6.07, 6.45) is 0. The van der Waals surface area contributed by atoms with E-state index < -0.39 is 17.5 Å². The number of nitrogens with zero attached hydrogens (tertiary/aromatic N) is 4. The van der Waals surface area contributed by atoms with Gasteiger partial charge in [0.25, 0.3) is 5.91 Å². The van der Waals surface area contributed by atoms with Gasteiger partial charge in [-0.1, -0.05) is 6.92 Å². The maximum absolute atomic E-state index is 13.3. The van der Waals surface area contributed by atoms with Crippen LogP contribution in [0, 0.1) is 18.6 Å². The van der Waals surface area contributed by atoms with E-state index in [1.165, 1.54) is 6.07 Å². The molecule has 8 heteroatoms. The summed E-state index contributed by atoms with van der Waals surface area (Å²) < 4.78 is 26.3. The van der Waals surface area contributed by atoms with Crippen LogP contribution in [0.4, 0.5) is 20.3 Å². The molecule has 1 aromatic heterocycles. The average molecular weight is 361 g/mol. The third-order valence-electron chi connectivity index (χ3n) is 4.38. The molecule has 1 N–H and O–H groups in total. The molecule has 1 aromatic carbocycles. The first-order valence-corrected chi connectivity index (χ1v) is 8.55. The summed E-state index contributed by atoms with van der Waals surface area (Å²) >= 11 is 0. The van der Waals surface area contributed by atoms with Gasteiger partial charge in [-0.2, -0.15) is 0 Å². The summed E-state index contributed by atoms with van der Waals surface area (Å²) in [4.78, 5) is 25.5. The summed E-state index contributed by atoms with van der Waals surface area (Å²) in [6, 6.07) is 4.83. The number of amides is 1. The number of likely N-dealkylation sites (N-methyl/N-ethyl adjacent to an activating group) is 1. The van der Waals surface area contributed by atoms with Gasteiger partial charge in [-0.15, -0.1) is 0 Å². The Morgan fingerprint density at radius 3 is 2.50 bits per heavy atom. The van der Waals surface area contributed by atoms with Crippen molar-refractivity contribution in [2.45, 2.75) is 13.8 Å². The van der Waals surface area contributed by atoms with E-state index in [0.717, 1.165) is 44.9 Å². The number of rotatable bonds is 4. The zero-order chi connectivity index (χ0) is 18.7. The SMILES string of the molecule is CCN1CCN(c2cc(C(=O)Nc3ccc(F)c(F)c3)nc(C)n2)CC1. The molecule has 1 amide bonds. The molecule has 2 aromatic rings. The van der Waals surface area contributed by atoms with Crippen LogP contribution in [-0.2, 0) is 0 Å². The van der Waals surface area contributed by atoms with Crippen LogP contribution in [0.3, 0.4) is 0 Å². The Labute approximate surface area is 150 Å². The Balaban J connectivity index is 1.76. The standard InChI is InChI=1S/C18H21F2N5O/c1-3-24-6-8-25(9-7-24)17-11-16(21-12(2)22-17)18(26)23-13-4-5-14(19)15(20)10-13/h4-5,10-11H,3,6-9H2,1-2H3,(H,23,26). The maximum atomic E-state index is 13.3. The molecular weight excluding hydrogens is 340 g/mol. The third-order valence-corrected chi connectivity index (χ3v) is 4.38. The molecular formula is C18H21F2N5O. The van der Waals surface area contributed by atoms with Gasteiger partial charge in [0.1, 0.15) is 17.3 Å². The summed E-state index contributed by atoms with van der Waals surface area (Å²) in [5, 5.41) is 2.54. The fraction of sp³-hybridized carbons (Fsp3) is 0.389. The first kappa shape index (κ1) is 18.2. The number of piperazine rings is 1. The zero-order valence-corrected chi connectivity index (χ0v) is 14.8. The van der Waals surface area contributed by atoms with Gasteiger partial charge in [-0.25, -0.2) is 18.7 Å². The van der Waals surface area contributed by atoms with E-state index in [1.54, 1.807) is 13.0 Å². The maximum Gasteiger partial charge on any atom is 0.274 e. The molecule has 0 atom stereocenters. The molecule has 0 unspecified atom stereocenters. The first-order chi connectivity index (χ1) is 12.5. The molecule has 0 bridgehead atoms. The average Bonchev–Trinajstić information content (AvgIpc) is 2.64. The molecule has 6 nitrogen and oxygen atoms in total. The van der Waals surface area contributed by atoms with Crippen molar-refractivity contribution in [3.8, 4) is 0 Å². The second-order valence-corrected chi connectivity index (χ2v) is 6.16. The second kappa shape index (κ2) is 7.74. The van der Waals surface area contributed by atoms with E-state index in [0.29, 0.717) is 11.6 Å². The number of halogens is 2. The molecule has 1 aliphatic rings. The lowest BCUT2D eigenvalue weighted by Crippen LogP contribution is -2.46. The Morgan fingerprint density at radius 1 is 1.12 bits per heavy atom. The highest BCUT2D eigenvalue weighted by atomic mass is 19.2. The minimum Gasteiger partial charge on any atom is -0.354 e. The van der Waals surface area contributed by atoms with Crippen LogP contribution in [-0.4, -0.2) is 53.5 Å². The van der Waals surface area contributed by atoms with Crippen LogP contribution in [0.5, 0.6) is 0 Å². The van der Waals surface area contributed by atoms with E-state index in [9.17, 15) is 13.6 Å². The topological polar surface area (TPSA) is 61.4 Å². The summed E-state index contributed by atoms with van der Waals surface area (Å²) in [7, 11) is 0. The molecule has 1 fully saturated rings. The summed E-state index contributed by atoms with van der Waals surface area (Å²) in [5.41, 5.74) is 0.360. The number of aromatic nitrogens is 2. The van der Waals surface area contributed by atoms with Crippen LogP contribution >= 0.6 is 0 Å². The highest BCUT2D eigenvalue weighted by Gasteiger charge is 2.19. The highest BCUT2D eigenvalue weighted by Crippen LogP contribution is 2.18. The van der Waals surface area contributed by atoms with Crippen molar-refractivity contribution < 1.29 is 13.6 Å². The van der Waals surface area contributed by atoms with Gasteiger partial charge in [0.05, 0.1) is 0 Å². The third kappa shape index (κ3) is 4.13. The smallest absolute Gasteiger partial charge is 0.274 e. The lowest BCUT2D eigenvalue weighted by molar-refractivity contribution is 0.102. The molecule has 3 rings (SSSR count). The van der Waals surface area contributed by atoms with E-state index in [4.69, 9.17) is 0 Å². The van der Waals surface area contributed by atoms with Gasteiger partial charge >= 0.3 is 0 Å². The Bertz CT molecular complexity index is 806. The molecule has 1 aliphatic heterocycles. The first-order valence-electron chi connectivity index (χ1n) is 8.55. The van der Waals surface area contributed by atoms with Crippen molar-refractivity contribution >= 4 is 17.4 Å². The number of benzene rings is 1. The predicted octanol–water partition coefficient (Wildman–Crippen LogP) is 2.46. The Kier molecular flexibility index (Phi) is 5.41. The van der Waals surface area contributed by atoms with Crippen LogP contribution in [0.25, 0.3) is 0 Å². The van der Waals surface area contributed by atoms with Crippen molar-refractivity contribution in [1.29, 1.82) is 0 Å². The zero-order valence-electron chi connectivity index (χ0n) is 14.8. The van der Waals surface area contributed by atoms with Crippen LogP contribution in [0.15, 0.2) is 24.3 Å². The number of hydrogen-bond donors (Lipinski definition) is 1. The van der Waals surface area contributed by atoms with Gasteiger partial charge < -0.3 is 15.1 Å². The van der Waals surface area contributed by atoms with Gasteiger partial charge in [0, 0.05) is 44.0 Å². The normalized spacial score (nSPS) is 15.2. The van der Waals surface area contributed by atoms with Crippen LogP contribution < -0.4 is 10.2 Å².